The van der Waals surface area contributed by atoms with Crippen molar-refractivity contribution in [3.05, 3.63) is 237 Å². The summed E-state index contributed by atoms with van der Waals surface area (Å²) in [6.45, 7) is 0.0761. The first-order chi connectivity index (χ1) is 28.8. The van der Waals surface area contributed by atoms with Crippen LogP contribution in [0.1, 0.15) is 0 Å². The van der Waals surface area contributed by atoms with Crippen LogP contribution in [-0.4, -0.2) is 6.71 Å². The zero-order valence-corrected chi connectivity index (χ0v) is 32.7. The van der Waals surface area contributed by atoms with Gasteiger partial charge in [0, 0.05) is 43.9 Å². The number of para-hydroxylation sites is 3. The molecule has 2 nitrogen and oxygen atoms in total. The third-order valence-corrected chi connectivity index (χ3v) is 15.7. The molecule has 274 valence electrons. The average molecular weight is 759 g/mol. The fourth-order valence-electron chi connectivity index (χ4n) is 9.32. The largest absolute Gasteiger partial charge is 0.311 e. The summed E-state index contributed by atoms with van der Waals surface area (Å²) in [7, 11) is -1.85. The molecule has 9 aromatic rings. The fourth-order valence-corrected chi connectivity index (χ4v) is 13.6. The highest BCUT2D eigenvalue weighted by Gasteiger charge is 2.48. The molecular weight excluding hydrogens is 719 g/mol. The van der Waals surface area contributed by atoms with Gasteiger partial charge in [0.2, 0.25) is 6.71 Å². The van der Waals surface area contributed by atoms with E-state index in [-0.39, 0.29) is 6.71 Å². The van der Waals surface area contributed by atoms with Crippen molar-refractivity contribution in [1.29, 1.82) is 0 Å². The number of hydrogen-bond donors (Lipinski definition) is 0. The Hall–Kier alpha value is -7.01. The van der Waals surface area contributed by atoms with Crippen LogP contribution < -0.4 is 26.2 Å². The molecule has 0 radical (unpaired) electrons. The van der Waals surface area contributed by atoms with Crippen LogP contribution in [0.4, 0.5) is 34.1 Å². The molecule has 0 saturated carbocycles. The number of nitrogens with zero attached hydrogens (tertiary/aromatic N) is 2. The van der Waals surface area contributed by atoms with Crippen LogP contribution in [0.5, 0.6) is 0 Å². The lowest BCUT2D eigenvalue weighted by molar-refractivity contribution is 1.22. The van der Waals surface area contributed by atoms with Gasteiger partial charge in [0.1, 0.15) is 0 Å². The Morgan fingerprint density at radius 1 is 0.362 bits per heavy atom. The van der Waals surface area contributed by atoms with Crippen molar-refractivity contribution >= 4 is 67.3 Å². The van der Waals surface area contributed by atoms with Crippen LogP contribution in [-0.2, 0) is 0 Å². The van der Waals surface area contributed by atoms with Crippen molar-refractivity contribution in [2.75, 3.05) is 9.80 Å². The van der Waals surface area contributed by atoms with E-state index in [9.17, 15) is 0 Å². The van der Waals surface area contributed by atoms with Gasteiger partial charge in [-0.1, -0.05) is 145 Å². The van der Waals surface area contributed by atoms with E-state index in [1.165, 1.54) is 58.5 Å². The summed E-state index contributed by atoms with van der Waals surface area (Å²) in [6, 6.07) is 87.2. The fraction of sp³-hybridized carbons (Fsp3) is 0. The highest BCUT2D eigenvalue weighted by molar-refractivity contribution is 8.34. The van der Waals surface area contributed by atoms with Gasteiger partial charge in [-0.05, 0) is 129 Å². The number of rotatable bonds is 7. The standard InChI is InChI=1S/C54H39BN2S/c1-6-19-42(20-7-1)56(43-21-8-2-9-22-43)45-36-33-40(34-37-45)41-35-38-48-51(39-41)57(44-23-10-3-11-24-44)50-30-18-32-53-54(50)55(48)49-29-16-17-31-52(49)58(53,46-25-12-4-13-26-46)47-27-14-5-15-28-47/h1-39H. The van der Waals surface area contributed by atoms with E-state index in [0.29, 0.717) is 0 Å². The molecule has 4 heteroatoms. The third kappa shape index (κ3) is 5.37. The minimum atomic E-state index is -1.85. The second kappa shape index (κ2) is 14.2. The average Bonchev–Trinajstić information content (AvgIpc) is 3.31. The van der Waals surface area contributed by atoms with Gasteiger partial charge in [0.05, 0.1) is 0 Å². The van der Waals surface area contributed by atoms with E-state index < -0.39 is 10.0 Å². The van der Waals surface area contributed by atoms with E-state index in [4.69, 9.17) is 0 Å². The molecule has 0 atom stereocenters. The monoisotopic (exact) mass is 758 g/mol. The lowest BCUT2D eigenvalue weighted by Gasteiger charge is -2.51. The van der Waals surface area contributed by atoms with E-state index in [0.717, 1.165) is 22.7 Å². The SMILES string of the molecule is c1ccc(N(c2ccccc2)c2ccc(-c3ccc4c(c3)N(c3ccccc3)c3cccc5c3B4c3ccccc3S5(c3ccccc3)c3ccccc3)cc2)cc1. The Bertz CT molecular complexity index is 2810. The molecule has 0 fully saturated rings. The van der Waals surface area contributed by atoms with Crippen molar-refractivity contribution in [2.45, 2.75) is 19.6 Å². The zero-order valence-electron chi connectivity index (χ0n) is 31.9. The molecule has 2 aliphatic rings. The Morgan fingerprint density at radius 2 is 0.862 bits per heavy atom. The maximum atomic E-state index is 2.52. The first kappa shape index (κ1) is 34.3. The Balaban J connectivity index is 1.11. The van der Waals surface area contributed by atoms with Gasteiger partial charge >= 0.3 is 0 Å². The molecule has 0 aliphatic carbocycles. The number of benzene rings is 9. The topological polar surface area (TPSA) is 6.48 Å². The lowest BCUT2D eigenvalue weighted by Crippen LogP contribution is -2.61. The number of hydrogen-bond acceptors (Lipinski definition) is 2. The summed E-state index contributed by atoms with van der Waals surface area (Å²) in [6.07, 6.45) is 0. The molecule has 0 unspecified atom stereocenters. The molecule has 0 bridgehead atoms. The maximum absolute atomic E-state index is 2.52. The van der Waals surface area contributed by atoms with E-state index in [1.807, 2.05) is 0 Å². The summed E-state index contributed by atoms with van der Waals surface area (Å²) >= 11 is 0. The van der Waals surface area contributed by atoms with E-state index >= 15 is 0 Å². The zero-order chi connectivity index (χ0) is 38.5. The first-order valence-corrected chi connectivity index (χ1v) is 21.6. The van der Waals surface area contributed by atoms with Gasteiger partial charge in [0.25, 0.3) is 0 Å². The molecule has 0 aromatic heterocycles. The van der Waals surface area contributed by atoms with Gasteiger partial charge in [-0.15, -0.1) is 10.0 Å². The van der Waals surface area contributed by atoms with Crippen LogP contribution in [0.25, 0.3) is 11.1 Å². The second-order valence-corrected chi connectivity index (χ2v) is 17.9. The molecular formula is C54H39BN2S. The van der Waals surface area contributed by atoms with Crippen molar-refractivity contribution < 1.29 is 0 Å². The van der Waals surface area contributed by atoms with Crippen molar-refractivity contribution in [3.8, 4) is 11.1 Å². The van der Waals surface area contributed by atoms with E-state index in [1.54, 1.807) is 0 Å². The van der Waals surface area contributed by atoms with Crippen LogP contribution in [0.2, 0.25) is 0 Å². The summed E-state index contributed by atoms with van der Waals surface area (Å²) in [4.78, 5) is 10.4. The minimum absolute atomic E-state index is 0.0761. The predicted molar refractivity (Wildman–Crippen MR) is 246 cm³/mol. The molecule has 2 heterocycles. The molecule has 11 rings (SSSR count). The highest BCUT2D eigenvalue weighted by Crippen LogP contribution is 2.74. The maximum Gasteiger partial charge on any atom is 0.249 e. The number of anilines is 6. The molecule has 0 amide bonds. The summed E-state index contributed by atoms with van der Waals surface area (Å²) in [5, 5.41) is 0. The molecule has 0 saturated heterocycles. The molecule has 58 heavy (non-hydrogen) atoms. The van der Waals surface area contributed by atoms with Crippen molar-refractivity contribution in [2.24, 2.45) is 0 Å². The van der Waals surface area contributed by atoms with Gasteiger partial charge < -0.3 is 9.80 Å². The van der Waals surface area contributed by atoms with Crippen molar-refractivity contribution in [3.63, 3.8) is 0 Å². The summed E-state index contributed by atoms with van der Waals surface area (Å²) in [5.74, 6) is 0. The van der Waals surface area contributed by atoms with Gasteiger partial charge in [-0.25, -0.2) is 0 Å². The van der Waals surface area contributed by atoms with Crippen LogP contribution >= 0.6 is 10.0 Å². The number of fused-ring (bicyclic) bond motifs is 4. The first-order valence-electron chi connectivity index (χ1n) is 20.0. The van der Waals surface area contributed by atoms with Gasteiger partial charge in [-0.3, -0.25) is 0 Å². The van der Waals surface area contributed by atoms with Gasteiger partial charge in [-0.2, -0.15) is 0 Å². The molecule has 2 aliphatic heterocycles. The third-order valence-electron chi connectivity index (χ3n) is 11.7. The summed E-state index contributed by atoms with van der Waals surface area (Å²) < 4.78 is 0. The van der Waals surface area contributed by atoms with Crippen LogP contribution in [0, 0.1) is 0 Å². The van der Waals surface area contributed by atoms with Crippen LogP contribution in [0.3, 0.4) is 0 Å². The lowest BCUT2D eigenvalue weighted by atomic mass is 9.35. The predicted octanol–water partition coefficient (Wildman–Crippen LogP) is 12.8. The molecule has 0 N–H and O–H groups in total. The smallest absolute Gasteiger partial charge is 0.249 e. The Kier molecular flexibility index (Phi) is 8.38. The molecule has 9 aromatic carbocycles. The highest BCUT2D eigenvalue weighted by atomic mass is 32.3. The van der Waals surface area contributed by atoms with Gasteiger partial charge in [0.15, 0.2) is 0 Å². The molecule has 0 spiro atoms. The van der Waals surface area contributed by atoms with Crippen LogP contribution in [0.15, 0.2) is 256 Å². The quantitative estimate of drug-likeness (QED) is 0.149. The van der Waals surface area contributed by atoms with Crippen molar-refractivity contribution in [1.82, 2.24) is 0 Å². The normalized spacial score (nSPS) is 13.8. The second-order valence-electron chi connectivity index (χ2n) is 14.9. The summed E-state index contributed by atoms with van der Waals surface area (Å²) in [5.41, 5.74) is 13.5. The Labute approximate surface area is 342 Å². The minimum Gasteiger partial charge on any atom is -0.311 e. The van der Waals surface area contributed by atoms with E-state index in [2.05, 4.69) is 246 Å². The Morgan fingerprint density at radius 3 is 1.48 bits per heavy atom.